The van der Waals surface area contributed by atoms with Gasteiger partial charge in [0, 0.05) is 42.1 Å². The molecule has 0 saturated heterocycles. The lowest BCUT2D eigenvalue weighted by molar-refractivity contribution is 0.282. The molecule has 0 aliphatic rings. The summed E-state index contributed by atoms with van der Waals surface area (Å²) in [6.45, 7) is 2.49. The standard InChI is InChI=1S/C25H31N3O2/c1-28(16-15-26-23-13-7-5-11-21(23)18-29)17-25(20-9-3-2-4-10-20)27-24-14-8-6-12-22(24)19-30/h2-14,25-27,29-30H,15-19H2,1H3. The second kappa shape index (κ2) is 11.4. The van der Waals surface area contributed by atoms with Crippen LogP contribution < -0.4 is 10.6 Å². The van der Waals surface area contributed by atoms with Crippen LogP contribution in [0, 0.1) is 0 Å². The fraction of sp³-hybridized carbons (Fsp3) is 0.280. The summed E-state index contributed by atoms with van der Waals surface area (Å²) in [5.74, 6) is 0. The van der Waals surface area contributed by atoms with Crippen LogP contribution in [0.5, 0.6) is 0 Å². The fourth-order valence-electron chi connectivity index (χ4n) is 3.52. The van der Waals surface area contributed by atoms with Gasteiger partial charge in [-0.1, -0.05) is 66.7 Å². The van der Waals surface area contributed by atoms with E-state index in [2.05, 4.69) is 46.8 Å². The van der Waals surface area contributed by atoms with Gasteiger partial charge in [0.05, 0.1) is 19.3 Å². The van der Waals surface area contributed by atoms with E-state index in [1.807, 2.05) is 54.6 Å². The average Bonchev–Trinajstić information content (AvgIpc) is 2.80. The highest BCUT2D eigenvalue weighted by atomic mass is 16.3. The van der Waals surface area contributed by atoms with Crippen molar-refractivity contribution >= 4 is 11.4 Å². The largest absolute Gasteiger partial charge is 0.392 e. The second-order valence-corrected chi connectivity index (χ2v) is 7.43. The molecule has 0 bridgehead atoms. The maximum absolute atomic E-state index is 9.67. The maximum Gasteiger partial charge on any atom is 0.0701 e. The molecule has 0 aliphatic heterocycles. The molecule has 3 aromatic carbocycles. The number of nitrogens with zero attached hydrogens (tertiary/aromatic N) is 1. The van der Waals surface area contributed by atoms with Crippen LogP contribution in [0.3, 0.4) is 0 Å². The van der Waals surface area contributed by atoms with E-state index >= 15 is 0 Å². The monoisotopic (exact) mass is 405 g/mol. The first-order valence-corrected chi connectivity index (χ1v) is 10.3. The number of rotatable bonds is 11. The number of hydrogen-bond acceptors (Lipinski definition) is 5. The summed E-state index contributed by atoms with van der Waals surface area (Å²) in [4.78, 5) is 2.28. The summed E-state index contributed by atoms with van der Waals surface area (Å²) in [5.41, 5.74) is 4.93. The number of benzene rings is 3. The van der Waals surface area contributed by atoms with Crippen LogP contribution in [0.25, 0.3) is 0 Å². The Balaban J connectivity index is 1.64. The van der Waals surface area contributed by atoms with E-state index in [-0.39, 0.29) is 19.3 Å². The molecule has 1 unspecified atom stereocenters. The van der Waals surface area contributed by atoms with Gasteiger partial charge in [-0.2, -0.15) is 0 Å². The van der Waals surface area contributed by atoms with Gasteiger partial charge in [0.25, 0.3) is 0 Å². The summed E-state index contributed by atoms with van der Waals surface area (Å²) in [5, 5.41) is 26.2. The van der Waals surface area contributed by atoms with Gasteiger partial charge in [-0.05, 0) is 24.7 Å². The zero-order valence-electron chi connectivity index (χ0n) is 17.5. The SMILES string of the molecule is CN(CCNc1ccccc1CO)CC(Nc1ccccc1CO)c1ccccc1. The molecule has 5 heteroatoms. The summed E-state index contributed by atoms with van der Waals surface area (Å²) in [6.07, 6.45) is 0. The number of aliphatic hydroxyl groups excluding tert-OH is 2. The van der Waals surface area contributed by atoms with Crippen molar-refractivity contribution in [2.24, 2.45) is 0 Å². The lowest BCUT2D eigenvalue weighted by Gasteiger charge is -2.27. The van der Waals surface area contributed by atoms with E-state index in [0.717, 1.165) is 42.1 Å². The minimum absolute atomic E-state index is 0.00864. The molecule has 0 aliphatic carbocycles. The Bertz CT molecular complexity index is 902. The van der Waals surface area contributed by atoms with Crippen LogP contribution in [-0.2, 0) is 13.2 Å². The van der Waals surface area contributed by atoms with Crippen LogP contribution in [0.4, 0.5) is 11.4 Å². The van der Waals surface area contributed by atoms with Gasteiger partial charge < -0.3 is 25.7 Å². The molecule has 158 valence electrons. The number of anilines is 2. The van der Waals surface area contributed by atoms with Crippen molar-refractivity contribution in [3.8, 4) is 0 Å². The third kappa shape index (κ3) is 6.07. The number of aliphatic hydroxyl groups is 2. The Morgan fingerprint density at radius 1 is 0.767 bits per heavy atom. The number of nitrogens with one attached hydrogen (secondary N) is 2. The molecule has 0 fully saturated rings. The Hall–Kier alpha value is -2.86. The highest BCUT2D eigenvalue weighted by Crippen LogP contribution is 2.23. The maximum atomic E-state index is 9.67. The molecule has 30 heavy (non-hydrogen) atoms. The van der Waals surface area contributed by atoms with E-state index in [4.69, 9.17) is 0 Å². The molecule has 0 aromatic heterocycles. The lowest BCUT2D eigenvalue weighted by Crippen LogP contribution is -2.32. The Kier molecular flexibility index (Phi) is 8.27. The van der Waals surface area contributed by atoms with Crippen LogP contribution in [0.15, 0.2) is 78.9 Å². The average molecular weight is 406 g/mol. The predicted molar refractivity (Wildman–Crippen MR) is 124 cm³/mol. The smallest absolute Gasteiger partial charge is 0.0701 e. The third-order valence-corrected chi connectivity index (χ3v) is 5.21. The zero-order valence-corrected chi connectivity index (χ0v) is 17.5. The van der Waals surface area contributed by atoms with Gasteiger partial charge in [-0.15, -0.1) is 0 Å². The summed E-state index contributed by atoms with van der Waals surface area (Å²) in [7, 11) is 2.11. The lowest BCUT2D eigenvalue weighted by atomic mass is 10.0. The summed E-state index contributed by atoms with van der Waals surface area (Å²) in [6, 6.07) is 26.2. The number of hydrogen-bond donors (Lipinski definition) is 4. The van der Waals surface area contributed by atoms with E-state index in [1.165, 1.54) is 5.56 Å². The molecular weight excluding hydrogens is 374 g/mol. The molecule has 3 aromatic rings. The first kappa shape index (κ1) is 21.8. The Morgan fingerprint density at radius 3 is 2.00 bits per heavy atom. The first-order valence-electron chi connectivity index (χ1n) is 10.3. The fourth-order valence-corrected chi connectivity index (χ4v) is 3.52. The molecule has 0 amide bonds. The van der Waals surface area contributed by atoms with Crippen molar-refractivity contribution in [1.29, 1.82) is 0 Å². The third-order valence-electron chi connectivity index (χ3n) is 5.21. The molecule has 0 saturated carbocycles. The Morgan fingerprint density at radius 2 is 1.33 bits per heavy atom. The van der Waals surface area contributed by atoms with E-state index in [0.29, 0.717) is 0 Å². The van der Waals surface area contributed by atoms with E-state index < -0.39 is 0 Å². The van der Waals surface area contributed by atoms with Crippen molar-refractivity contribution in [3.05, 3.63) is 95.6 Å². The molecule has 4 N–H and O–H groups in total. The zero-order chi connectivity index (χ0) is 21.2. The predicted octanol–water partition coefficient (Wildman–Crippen LogP) is 3.87. The minimum atomic E-state index is 0.00864. The number of para-hydroxylation sites is 2. The topological polar surface area (TPSA) is 67.8 Å². The molecule has 0 spiro atoms. The number of likely N-dealkylation sites (N-methyl/N-ethyl adjacent to an activating group) is 1. The van der Waals surface area contributed by atoms with E-state index in [1.54, 1.807) is 0 Å². The molecular formula is C25H31N3O2. The highest BCUT2D eigenvalue weighted by molar-refractivity contribution is 5.53. The minimum Gasteiger partial charge on any atom is -0.392 e. The highest BCUT2D eigenvalue weighted by Gasteiger charge is 2.15. The van der Waals surface area contributed by atoms with Gasteiger partial charge in [-0.3, -0.25) is 0 Å². The van der Waals surface area contributed by atoms with Crippen LogP contribution in [0.2, 0.25) is 0 Å². The quantitative estimate of drug-likeness (QED) is 0.390. The second-order valence-electron chi connectivity index (χ2n) is 7.43. The van der Waals surface area contributed by atoms with Gasteiger partial charge in [0.2, 0.25) is 0 Å². The molecule has 0 heterocycles. The first-order chi connectivity index (χ1) is 14.7. The van der Waals surface area contributed by atoms with Crippen LogP contribution >= 0.6 is 0 Å². The van der Waals surface area contributed by atoms with Crippen molar-refractivity contribution in [3.63, 3.8) is 0 Å². The van der Waals surface area contributed by atoms with Crippen molar-refractivity contribution < 1.29 is 10.2 Å². The molecule has 0 radical (unpaired) electrons. The van der Waals surface area contributed by atoms with Crippen molar-refractivity contribution in [2.45, 2.75) is 19.3 Å². The van der Waals surface area contributed by atoms with Gasteiger partial charge in [0.1, 0.15) is 0 Å². The van der Waals surface area contributed by atoms with Crippen molar-refractivity contribution in [1.82, 2.24) is 4.90 Å². The van der Waals surface area contributed by atoms with Gasteiger partial charge in [0.15, 0.2) is 0 Å². The van der Waals surface area contributed by atoms with Crippen LogP contribution in [0.1, 0.15) is 22.7 Å². The normalized spacial score (nSPS) is 12.0. The van der Waals surface area contributed by atoms with Gasteiger partial charge >= 0.3 is 0 Å². The molecule has 3 rings (SSSR count). The summed E-state index contributed by atoms with van der Waals surface area (Å²) >= 11 is 0. The van der Waals surface area contributed by atoms with Crippen molar-refractivity contribution in [2.75, 3.05) is 37.3 Å². The van der Waals surface area contributed by atoms with Crippen LogP contribution in [-0.4, -0.2) is 41.8 Å². The van der Waals surface area contributed by atoms with Gasteiger partial charge in [-0.25, -0.2) is 0 Å². The Labute approximate surface area is 179 Å². The summed E-state index contributed by atoms with van der Waals surface area (Å²) < 4.78 is 0. The molecule has 1 atom stereocenters. The molecule has 5 nitrogen and oxygen atoms in total. The van der Waals surface area contributed by atoms with E-state index in [9.17, 15) is 10.2 Å².